The summed E-state index contributed by atoms with van der Waals surface area (Å²) in [6, 6.07) is 21.3. The molecule has 0 radical (unpaired) electrons. The molecule has 1 saturated heterocycles. The number of hydrogen-bond donors (Lipinski definition) is 1. The van der Waals surface area contributed by atoms with E-state index in [1.165, 1.54) is 11.1 Å². The molecule has 4 nitrogen and oxygen atoms in total. The lowest BCUT2D eigenvalue weighted by atomic mass is 9.68. The Labute approximate surface area is 174 Å². The van der Waals surface area contributed by atoms with Crippen LogP contribution in [0.2, 0.25) is 0 Å². The van der Waals surface area contributed by atoms with Crippen LogP contribution in [-0.2, 0) is 11.1 Å². The quantitative estimate of drug-likeness (QED) is 0.819. The smallest absolute Gasteiger partial charge is 0.318 e. The Kier molecular flexibility index (Phi) is 4.94. The van der Waals surface area contributed by atoms with E-state index in [0.717, 1.165) is 32.2 Å². The molecule has 2 aromatic rings. The molecule has 2 aromatic carbocycles. The Morgan fingerprint density at radius 2 is 1.45 bits per heavy atom. The molecule has 1 saturated carbocycles. The molecule has 29 heavy (non-hydrogen) atoms. The van der Waals surface area contributed by atoms with Crippen molar-refractivity contribution >= 4 is 6.03 Å². The zero-order chi connectivity index (χ0) is 20.7. The van der Waals surface area contributed by atoms with Crippen molar-refractivity contribution in [3.63, 3.8) is 0 Å². The third-order valence-electron chi connectivity index (χ3n) is 7.43. The van der Waals surface area contributed by atoms with Crippen LogP contribution in [0.3, 0.4) is 0 Å². The second kappa shape index (κ2) is 7.17. The molecule has 2 fully saturated rings. The Morgan fingerprint density at radius 1 is 0.897 bits per heavy atom. The van der Waals surface area contributed by atoms with Gasteiger partial charge in [-0.25, -0.2) is 4.79 Å². The molecule has 0 unspecified atom stereocenters. The monoisotopic (exact) mass is 391 g/mol. The highest BCUT2D eigenvalue weighted by atomic mass is 16.2. The summed E-state index contributed by atoms with van der Waals surface area (Å²) in [6.07, 6.45) is 4.08. The minimum Gasteiger partial charge on any atom is -0.331 e. The van der Waals surface area contributed by atoms with Crippen molar-refractivity contribution in [1.29, 1.82) is 0 Å². The van der Waals surface area contributed by atoms with Gasteiger partial charge in [0.25, 0.3) is 0 Å². The minimum absolute atomic E-state index is 0.0413. The molecule has 0 atom stereocenters. The molecule has 1 spiro atoms. The predicted molar refractivity (Wildman–Crippen MR) is 118 cm³/mol. The first-order chi connectivity index (χ1) is 13.8. The SMILES string of the molecule is CN(C)[C@]1(c2ccccc2)CC[C@@]2(CC1)CN(C(C)(C)c1ccccc1)C(=O)N2. The predicted octanol–water partition coefficient (Wildman–Crippen LogP) is 4.72. The van der Waals surface area contributed by atoms with Crippen LogP contribution in [0.25, 0.3) is 0 Å². The van der Waals surface area contributed by atoms with E-state index < -0.39 is 0 Å². The van der Waals surface area contributed by atoms with Crippen molar-refractivity contribution in [2.24, 2.45) is 0 Å². The van der Waals surface area contributed by atoms with Crippen molar-refractivity contribution in [3.8, 4) is 0 Å². The normalized spacial score (nSPS) is 27.5. The number of benzene rings is 2. The fourth-order valence-corrected chi connectivity index (χ4v) is 5.33. The molecule has 154 valence electrons. The molecule has 1 N–H and O–H groups in total. The standard InChI is InChI=1S/C25H33N3O/c1-23(2,20-11-7-5-8-12-20)28-19-24(26-22(28)29)15-17-25(18-16-24,27(3)4)21-13-9-6-10-14-21/h5-14H,15-19H2,1-4H3,(H,26,29)/t24-,25-. The van der Waals surface area contributed by atoms with E-state index in [1.807, 2.05) is 23.1 Å². The van der Waals surface area contributed by atoms with Crippen molar-refractivity contribution in [2.75, 3.05) is 20.6 Å². The van der Waals surface area contributed by atoms with Gasteiger partial charge in [-0.3, -0.25) is 4.90 Å². The summed E-state index contributed by atoms with van der Waals surface area (Å²) in [5.74, 6) is 0. The number of nitrogens with one attached hydrogen (secondary N) is 1. The van der Waals surface area contributed by atoms with Gasteiger partial charge in [-0.2, -0.15) is 0 Å². The Balaban J connectivity index is 1.55. The van der Waals surface area contributed by atoms with Gasteiger partial charge in [0.15, 0.2) is 0 Å². The van der Waals surface area contributed by atoms with Gasteiger partial charge in [0.1, 0.15) is 0 Å². The molecule has 0 aromatic heterocycles. The van der Waals surface area contributed by atoms with E-state index in [2.05, 4.69) is 80.6 Å². The minimum atomic E-state index is -0.329. The fraction of sp³-hybridized carbons (Fsp3) is 0.480. The maximum atomic E-state index is 13.0. The van der Waals surface area contributed by atoms with Crippen LogP contribution in [0.5, 0.6) is 0 Å². The highest BCUT2D eigenvalue weighted by molar-refractivity contribution is 5.79. The zero-order valence-corrected chi connectivity index (χ0v) is 18.1. The summed E-state index contributed by atoms with van der Waals surface area (Å²) in [4.78, 5) is 17.4. The second-order valence-corrected chi connectivity index (χ2v) is 9.51. The average molecular weight is 392 g/mol. The number of urea groups is 1. The van der Waals surface area contributed by atoms with Crippen LogP contribution in [0.4, 0.5) is 4.79 Å². The number of nitrogens with zero attached hydrogens (tertiary/aromatic N) is 2. The van der Waals surface area contributed by atoms with Crippen molar-refractivity contribution < 1.29 is 4.79 Å². The van der Waals surface area contributed by atoms with E-state index in [4.69, 9.17) is 0 Å². The van der Waals surface area contributed by atoms with Crippen molar-refractivity contribution in [2.45, 2.75) is 56.1 Å². The van der Waals surface area contributed by atoms with E-state index in [-0.39, 0.29) is 22.6 Å². The maximum Gasteiger partial charge on any atom is 0.318 e. The third kappa shape index (κ3) is 3.33. The summed E-state index contributed by atoms with van der Waals surface area (Å²) in [6.45, 7) is 5.07. The van der Waals surface area contributed by atoms with Crippen LogP contribution in [0.15, 0.2) is 60.7 Å². The lowest BCUT2D eigenvalue weighted by molar-refractivity contribution is 0.0570. The molecule has 1 aliphatic carbocycles. The third-order valence-corrected chi connectivity index (χ3v) is 7.43. The number of rotatable bonds is 4. The fourth-order valence-electron chi connectivity index (χ4n) is 5.33. The molecule has 4 rings (SSSR count). The first-order valence-electron chi connectivity index (χ1n) is 10.7. The van der Waals surface area contributed by atoms with Gasteiger partial charge in [0, 0.05) is 12.1 Å². The molecular weight excluding hydrogens is 358 g/mol. The molecule has 4 heteroatoms. The highest BCUT2D eigenvalue weighted by Crippen LogP contribution is 2.47. The summed E-state index contributed by atoms with van der Waals surface area (Å²) in [5, 5.41) is 3.39. The van der Waals surface area contributed by atoms with Crippen LogP contribution in [0.1, 0.15) is 50.7 Å². The number of amides is 2. The molecule has 0 bridgehead atoms. The van der Waals surface area contributed by atoms with Gasteiger partial charge >= 0.3 is 6.03 Å². The van der Waals surface area contributed by atoms with Crippen molar-refractivity contribution in [1.82, 2.24) is 15.1 Å². The average Bonchev–Trinajstić information content (AvgIpc) is 3.06. The first-order valence-corrected chi connectivity index (χ1v) is 10.7. The van der Waals surface area contributed by atoms with E-state index in [9.17, 15) is 4.79 Å². The summed E-state index contributed by atoms with van der Waals surface area (Å²) >= 11 is 0. The van der Waals surface area contributed by atoms with Crippen LogP contribution < -0.4 is 5.32 Å². The molecular formula is C25H33N3O. The van der Waals surface area contributed by atoms with Gasteiger partial charge in [-0.05, 0) is 64.8 Å². The number of hydrogen-bond acceptors (Lipinski definition) is 2. The van der Waals surface area contributed by atoms with E-state index >= 15 is 0 Å². The molecule has 2 aliphatic rings. The summed E-state index contributed by atoms with van der Waals surface area (Å²) in [5.41, 5.74) is 2.14. The zero-order valence-electron chi connectivity index (χ0n) is 18.1. The Hall–Kier alpha value is -2.33. The van der Waals surface area contributed by atoms with E-state index in [0.29, 0.717) is 0 Å². The Morgan fingerprint density at radius 3 is 2.00 bits per heavy atom. The number of carbonyl (C=O) groups is 1. The maximum absolute atomic E-state index is 13.0. The van der Waals surface area contributed by atoms with Gasteiger partial charge in [-0.15, -0.1) is 0 Å². The lowest BCUT2D eigenvalue weighted by Gasteiger charge is -2.49. The highest BCUT2D eigenvalue weighted by Gasteiger charge is 2.52. The van der Waals surface area contributed by atoms with Crippen molar-refractivity contribution in [3.05, 3.63) is 71.8 Å². The summed E-state index contributed by atoms with van der Waals surface area (Å²) in [7, 11) is 4.37. The second-order valence-electron chi connectivity index (χ2n) is 9.51. The molecule has 1 aliphatic heterocycles. The first kappa shape index (κ1) is 20.0. The van der Waals surface area contributed by atoms with Crippen LogP contribution in [-0.4, -0.2) is 42.0 Å². The molecule has 2 amide bonds. The van der Waals surface area contributed by atoms with Crippen LogP contribution >= 0.6 is 0 Å². The van der Waals surface area contributed by atoms with Gasteiger partial charge < -0.3 is 10.2 Å². The van der Waals surface area contributed by atoms with Gasteiger partial charge in [0.05, 0.1) is 11.1 Å². The topological polar surface area (TPSA) is 35.6 Å². The Bertz CT molecular complexity index is 852. The summed E-state index contributed by atoms with van der Waals surface area (Å²) < 4.78 is 0. The molecule has 1 heterocycles. The van der Waals surface area contributed by atoms with Gasteiger partial charge in [0.2, 0.25) is 0 Å². The largest absolute Gasteiger partial charge is 0.331 e. The van der Waals surface area contributed by atoms with E-state index in [1.54, 1.807) is 0 Å². The van der Waals surface area contributed by atoms with Crippen LogP contribution in [0, 0.1) is 0 Å². The number of carbonyl (C=O) groups excluding carboxylic acids is 1. The lowest BCUT2D eigenvalue weighted by Crippen LogP contribution is -2.54. The van der Waals surface area contributed by atoms with Gasteiger partial charge in [-0.1, -0.05) is 60.7 Å².